The Bertz CT molecular complexity index is 944. The van der Waals surface area contributed by atoms with Gasteiger partial charge in [0.1, 0.15) is 28.9 Å². The lowest BCUT2D eigenvalue weighted by atomic mass is 10.3. The lowest BCUT2D eigenvalue weighted by Crippen LogP contribution is -2.15. The molecule has 1 aromatic carbocycles. The van der Waals surface area contributed by atoms with E-state index in [0.29, 0.717) is 28.9 Å². The first-order valence-electron chi connectivity index (χ1n) is 7.23. The standard InChI is InChI=1S/C16H13ClFN5O2/c1-8-5-15(23-25-8)22-14-7-13(19-9(2)20-14)16(24)21-10-3-4-12(18)11(17)6-10/h3-7H,1-2H3,(H,21,24)(H,19,20,22,23). The summed E-state index contributed by atoms with van der Waals surface area (Å²) in [6.07, 6.45) is 0. The number of carbonyl (C=O) groups is 1. The van der Waals surface area contributed by atoms with Crippen molar-refractivity contribution in [3.63, 3.8) is 0 Å². The van der Waals surface area contributed by atoms with E-state index >= 15 is 0 Å². The van der Waals surface area contributed by atoms with Gasteiger partial charge in [0.25, 0.3) is 5.91 Å². The van der Waals surface area contributed by atoms with Crippen LogP contribution in [0.3, 0.4) is 0 Å². The molecule has 2 heterocycles. The Morgan fingerprint density at radius 2 is 1.96 bits per heavy atom. The van der Waals surface area contributed by atoms with Crippen molar-refractivity contribution in [3.05, 3.63) is 58.5 Å². The summed E-state index contributed by atoms with van der Waals surface area (Å²) in [6, 6.07) is 7.06. The second-order valence-electron chi connectivity index (χ2n) is 5.22. The number of hydrogen-bond donors (Lipinski definition) is 2. The number of amides is 1. The zero-order valence-electron chi connectivity index (χ0n) is 13.3. The lowest BCUT2D eigenvalue weighted by molar-refractivity contribution is 0.102. The van der Waals surface area contributed by atoms with Gasteiger partial charge in [0.2, 0.25) is 0 Å². The maximum absolute atomic E-state index is 13.2. The van der Waals surface area contributed by atoms with Crippen molar-refractivity contribution in [2.45, 2.75) is 13.8 Å². The maximum atomic E-state index is 13.2. The van der Waals surface area contributed by atoms with Gasteiger partial charge in [-0.15, -0.1) is 0 Å². The summed E-state index contributed by atoms with van der Waals surface area (Å²) < 4.78 is 18.2. The van der Waals surface area contributed by atoms with E-state index < -0.39 is 11.7 Å². The molecule has 0 aliphatic carbocycles. The maximum Gasteiger partial charge on any atom is 0.274 e. The first-order valence-corrected chi connectivity index (χ1v) is 7.61. The number of nitrogens with zero attached hydrogens (tertiary/aromatic N) is 3. The Hall–Kier alpha value is -3.00. The molecule has 1 amide bonds. The van der Waals surface area contributed by atoms with Crippen LogP contribution >= 0.6 is 11.6 Å². The van der Waals surface area contributed by atoms with Crippen molar-refractivity contribution in [3.8, 4) is 0 Å². The Balaban J connectivity index is 1.81. The molecule has 0 radical (unpaired) electrons. The highest BCUT2D eigenvalue weighted by molar-refractivity contribution is 6.31. The molecule has 0 aliphatic heterocycles. The topological polar surface area (TPSA) is 92.9 Å². The van der Waals surface area contributed by atoms with Crippen LogP contribution in [-0.2, 0) is 0 Å². The molecule has 0 saturated heterocycles. The summed E-state index contributed by atoms with van der Waals surface area (Å²) in [7, 11) is 0. The minimum atomic E-state index is -0.563. The van der Waals surface area contributed by atoms with Crippen LogP contribution in [0, 0.1) is 19.7 Å². The molecule has 0 saturated carbocycles. The van der Waals surface area contributed by atoms with Crippen molar-refractivity contribution in [1.82, 2.24) is 15.1 Å². The van der Waals surface area contributed by atoms with Crippen LogP contribution in [0.15, 0.2) is 34.9 Å². The van der Waals surface area contributed by atoms with Crippen LogP contribution in [0.4, 0.5) is 21.7 Å². The van der Waals surface area contributed by atoms with Gasteiger partial charge in [0.15, 0.2) is 5.82 Å². The van der Waals surface area contributed by atoms with Gasteiger partial charge >= 0.3 is 0 Å². The molecular formula is C16H13ClFN5O2. The number of aromatic nitrogens is 3. The highest BCUT2D eigenvalue weighted by Gasteiger charge is 2.13. The van der Waals surface area contributed by atoms with Gasteiger partial charge in [-0.25, -0.2) is 14.4 Å². The van der Waals surface area contributed by atoms with E-state index in [1.54, 1.807) is 19.9 Å². The van der Waals surface area contributed by atoms with Crippen LogP contribution in [0.25, 0.3) is 0 Å². The van der Waals surface area contributed by atoms with Crippen molar-refractivity contribution in [2.24, 2.45) is 0 Å². The molecule has 0 fully saturated rings. The molecule has 2 N–H and O–H groups in total. The second-order valence-corrected chi connectivity index (χ2v) is 5.62. The normalized spacial score (nSPS) is 10.6. The van der Waals surface area contributed by atoms with Crippen LogP contribution in [0.2, 0.25) is 5.02 Å². The SMILES string of the molecule is Cc1nc(Nc2cc(C)on2)cc(C(=O)Nc2ccc(F)c(Cl)c2)n1. The van der Waals surface area contributed by atoms with Crippen molar-refractivity contribution in [2.75, 3.05) is 10.6 Å². The monoisotopic (exact) mass is 361 g/mol. The third-order valence-corrected chi connectivity index (χ3v) is 3.42. The Morgan fingerprint density at radius 3 is 2.64 bits per heavy atom. The van der Waals surface area contributed by atoms with Gasteiger partial charge in [-0.2, -0.15) is 0 Å². The number of nitrogens with one attached hydrogen (secondary N) is 2. The molecule has 3 rings (SSSR count). The number of rotatable bonds is 4. The summed E-state index contributed by atoms with van der Waals surface area (Å²) in [6.45, 7) is 3.42. The van der Waals surface area contributed by atoms with Gasteiger partial charge in [-0.05, 0) is 32.0 Å². The van der Waals surface area contributed by atoms with Crippen LogP contribution in [0.5, 0.6) is 0 Å². The molecule has 3 aromatic rings. The van der Waals surface area contributed by atoms with Crippen molar-refractivity contribution >= 4 is 34.8 Å². The van der Waals surface area contributed by atoms with Crippen LogP contribution in [-0.4, -0.2) is 21.0 Å². The summed E-state index contributed by atoms with van der Waals surface area (Å²) in [5.74, 6) is 0.849. The fourth-order valence-corrected chi connectivity index (χ4v) is 2.25. The zero-order valence-corrected chi connectivity index (χ0v) is 14.1. The molecule has 0 bridgehead atoms. The molecule has 0 unspecified atom stereocenters. The first-order chi connectivity index (χ1) is 11.9. The summed E-state index contributed by atoms with van der Waals surface area (Å²) in [5, 5.41) is 9.26. The van der Waals surface area contributed by atoms with Crippen LogP contribution in [0.1, 0.15) is 22.1 Å². The van der Waals surface area contributed by atoms with E-state index in [-0.39, 0.29) is 10.7 Å². The number of aryl methyl sites for hydroxylation is 2. The van der Waals surface area contributed by atoms with Gasteiger partial charge in [0, 0.05) is 17.8 Å². The third kappa shape index (κ3) is 4.10. The zero-order chi connectivity index (χ0) is 18.0. The van der Waals surface area contributed by atoms with E-state index in [9.17, 15) is 9.18 Å². The smallest absolute Gasteiger partial charge is 0.274 e. The Morgan fingerprint density at radius 1 is 1.16 bits per heavy atom. The van der Waals surface area contributed by atoms with E-state index in [2.05, 4.69) is 25.8 Å². The van der Waals surface area contributed by atoms with Gasteiger partial charge in [-0.3, -0.25) is 4.79 Å². The Labute approximate surface area is 147 Å². The molecule has 25 heavy (non-hydrogen) atoms. The van der Waals surface area contributed by atoms with Gasteiger partial charge in [0.05, 0.1) is 5.02 Å². The third-order valence-electron chi connectivity index (χ3n) is 3.13. The van der Waals surface area contributed by atoms with E-state index in [1.807, 2.05) is 0 Å². The molecule has 9 heteroatoms. The fraction of sp³-hybridized carbons (Fsp3) is 0.125. The average Bonchev–Trinajstić information content (AvgIpc) is 2.95. The number of anilines is 3. The molecule has 128 valence electrons. The molecule has 0 aliphatic rings. The first kappa shape index (κ1) is 16.8. The predicted octanol–water partition coefficient (Wildman–Crippen LogP) is 3.87. The summed E-state index contributed by atoms with van der Waals surface area (Å²) in [5.41, 5.74) is 0.491. The van der Waals surface area contributed by atoms with E-state index in [4.69, 9.17) is 16.1 Å². The summed E-state index contributed by atoms with van der Waals surface area (Å²) >= 11 is 5.71. The number of hydrogen-bond acceptors (Lipinski definition) is 6. The molecular weight excluding hydrogens is 349 g/mol. The summed E-state index contributed by atoms with van der Waals surface area (Å²) in [4.78, 5) is 20.7. The minimum Gasteiger partial charge on any atom is -0.360 e. The number of carbonyl (C=O) groups excluding carboxylic acids is 1. The minimum absolute atomic E-state index is 0.0829. The van der Waals surface area contributed by atoms with Crippen molar-refractivity contribution < 1.29 is 13.7 Å². The average molecular weight is 362 g/mol. The molecule has 7 nitrogen and oxygen atoms in total. The Kier molecular flexibility index (Phi) is 4.62. The number of halogens is 2. The van der Waals surface area contributed by atoms with Gasteiger partial charge in [-0.1, -0.05) is 16.8 Å². The molecule has 2 aromatic heterocycles. The van der Waals surface area contributed by atoms with Crippen LogP contribution < -0.4 is 10.6 Å². The fourth-order valence-electron chi connectivity index (χ4n) is 2.07. The largest absolute Gasteiger partial charge is 0.360 e. The molecule has 0 atom stereocenters. The highest BCUT2D eigenvalue weighted by Crippen LogP contribution is 2.20. The quantitative estimate of drug-likeness (QED) is 0.732. The van der Waals surface area contributed by atoms with E-state index in [0.717, 1.165) is 0 Å². The predicted molar refractivity (Wildman–Crippen MR) is 90.7 cm³/mol. The highest BCUT2D eigenvalue weighted by atomic mass is 35.5. The van der Waals surface area contributed by atoms with E-state index in [1.165, 1.54) is 24.3 Å². The lowest BCUT2D eigenvalue weighted by Gasteiger charge is -2.08. The number of benzene rings is 1. The van der Waals surface area contributed by atoms with Crippen molar-refractivity contribution in [1.29, 1.82) is 0 Å². The molecule has 0 spiro atoms. The second kappa shape index (κ2) is 6.86. The van der Waals surface area contributed by atoms with Gasteiger partial charge < -0.3 is 15.2 Å².